The fourth-order valence-corrected chi connectivity index (χ4v) is 1.95. The van der Waals surface area contributed by atoms with Crippen molar-refractivity contribution in [1.82, 2.24) is 0 Å². The summed E-state index contributed by atoms with van der Waals surface area (Å²) in [6.07, 6.45) is 0. The maximum atomic E-state index is 12.7. The van der Waals surface area contributed by atoms with Crippen LogP contribution < -0.4 is 5.32 Å². The number of hydrogen-bond acceptors (Lipinski definition) is 1. The second-order valence-electron chi connectivity index (χ2n) is 3.49. The SMILES string of the molecule is Fc1ccc(CNc2cccc(I)c2)cc1. The van der Waals surface area contributed by atoms with Crippen molar-refractivity contribution in [3.05, 3.63) is 63.5 Å². The van der Waals surface area contributed by atoms with E-state index in [1.54, 1.807) is 12.1 Å². The Bertz CT molecular complexity index is 468. The molecule has 0 aromatic heterocycles. The van der Waals surface area contributed by atoms with Gasteiger partial charge in [0, 0.05) is 15.8 Å². The lowest BCUT2D eigenvalue weighted by Crippen LogP contribution is -1.99. The summed E-state index contributed by atoms with van der Waals surface area (Å²) >= 11 is 2.27. The summed E-state index contributed by atoms with van der Waals surface area (Å²) in [6, 6.07) is 14.7. The minimum absolute atomic E-state index is 0.196. The molecule has 0 atom stereocenters. The van der Waals surface area contributed by atoms with E-state index in [1.165, 1.54) is 15.7 Å². The second kappa shape index (κ2) is 5.30. The predicted molar refractivity (Wildman–Crippen MR) is 72.9 cm³/mol. The largest absolute Gasteiger partial charge is 0.381 e. The summed E-state index contributed by atoms with van der Waals surface area (Å²) in [5, 5.41) is 3.29. The van der Waals surface area contributed by atoms with E-state index in [-0.39, 0.29) is 5.82 Å². The Kier molecular flexibility index (Phi) is 3.77. The van der Waals surface area contributed by atoms with Crippen molar-refractivity contribution in [2.24, 2.45) is 0 Å². The molecule has 1 N–H and O–H groups in total. The zero-order valence-electron chi connectivity index (χ0n) is 8.58. The topological polar surface area (TPSA) is 12.0 Å². The Morgan fingerprint density at radius 1 is 1.06 bits per heavy atom. The first kappa shape index (κ1) is 11.4. The van der Waals surface area contributed by atoms with Gasteiger partial charge in [0.2, 0.25) is 0 Å². The smallest absolute Gasteiger partial charge is 0.123 e. The van der Waals surface area contributed by atoms with Gasteiger partial charge < -0.3 is 5.32 Å². The average molecular weight is 327 g/mol. The highest BCUT2D eigenvalue weighted by molar-refractivity contribution is 14.1. The van der Waals surface area contributed by atoms with Gasteiger partial charge in [-0.1, -0.05) is 18.2 Å². The number of anilines is 1. The maximum absolute atomic E-state index is 12.7. The third kappa shape index (κ3) is 3.20. The summed E-state index contributed by atoms with van der Waals surface area (Å²) in [4.78, 5) is 0. The molecule has 2 rings (SSSR count). The maximum Gasteiger partial charge on any atom is 0.123 e. The van der Waals surface area contributed by atoms with Crippen molar-refractivity contribution in [3.8, 4) is 0 Å². The third-order valence-electron chi connectivity index (χ3n) is 2.23. The Balaban J connectivity index is 1.99. The molecule has 0 heterocycles. The number of hydrogen-bond donors (Lipinski definition) is 1. The summed E-state index contributed by atoms with van der Waals surface area (Å²) in [5.41, 5.74) is 2.15. The molecule has 0 aliphatic rings. The Labute approximate surface area is 108 Å². The normalized spacial score (nSPS) is 10.1. The molecule has 0 spiro atoms. The summed E-state index contributed by atoms with van der Waals surface area (Å²) in [7, 11) is 0. The molecule has 0 fully saturated rings. The average Bonchev–Trinajstić information content (AvgIpc) is 2.28. The van der Waals surface area contributed by atoms with E-state index in [4.69, 9.17) is 0 Å². The van der Waals surface area contributed by atoms with E-state index in [0.29, 0.717) is 6.54 Å². The van der Waals surface area contributed by atoms with Gasteiger partial charge in [0.15, 0.2) is 0 Å². The molecule has 0 aliphatic carbocycles. The highest BCUT2D eigenvalue weighted by atomic mass is 127. The molecule has 82 valence electrons. The van der Waals surface area contributed by atoms with Gasteiger partial charge in [-0.05, 0) is 58.5 Å². The molecule has 0 bridgehead atoms. The van der Waals surface area contributed by atoms with Gasteiger partial charge in [0.1, 0.15) is 5.82 Å². The molecule has 0 amide bonds. The van der Waals surface area contributed by atoms with E-state index >= 15 is 0 Å². The number of rotatable bonds is 3. The molecular formula is C13H11FIN. The van der Waals surface area contributed by atoms with Crippen LogP contribution >= 0.6 is 22.6 Å². The van der Waals surface area contributed by atoms with E-state index in [0.717, 1.165) is 11.3 Å². The van der Waals surface area contributed by atoms with Crippen LogP contribution in [0, 0.1) is 9.39 Å². The van der Waals surface area contributed by atoms with Crippen LogP contribution in [-0.2, 0) is 6.54 Å². The molecule has 0 radical (unpaired) electrons. The molecule has 1 nitrogen and oxygen atoms in total. The van der Waals surface area contributed by atoms with Crippen molar-refractivity contribution in [3.63, 3.8) is 0 Å². The van der Waals surface area contributed by atoms with Gasteiger partial charge in [0.05, 0.1) is 0 Å². The van der Waals surface area contributed by atoms with E-state index in [1.807, 2.05) is 18.2 Å². The monoisotopic (exact) mass is 327 g/mol. The zero-order valence-corrected chi connectivity index (χ0v) is 10.7. The van der Waals surface area contributed by atoms with Crippen LogP contribution in [0.3, 0.4) is 0 Å². The van der Waals surface area contributed by atoms with Crippen molar-refractivity contribution in [2.45, 2.75) is 6.54 Å². The van der Waals surface area contributed by atoms with Gasteiger partial charge in [-0.15, -0.1) is 0 Å². The van der Waals surface area contributed by atoms with Crippen LogP contribution in [0.5, 0.6) is 0 Å². The first-order valence-corrected chi connectivity index (χ1v) is 6.06. The van der Waals surface area contributed by atoms with Crippen LogP contribution in [0.4, 0.5) is 10.1 Å². The minimum atomic E-state index is -0.196. The molecule has 0 aliphatic heterocycles. The van der Waals surface area contributed by atoms with Crippen molar-refractivity contribution < 1.29 is 4.39 Å². The fraction of sp³-hybridized carbons (Fsp3) is 0.0769. The first-order valence-electron chi connectivity index (χ1n) is 4.98. The molecule has 3 heteroatoms. The van der Waals surface area contributed by atoms with Crippen LogP contribution in [0.2, 0.25) is 0 Å². The summed E-state index contributed by atoms with van der Waals surface area (Å²) in [5.74, 6) is -0.196. The zero-order chi connectivity index (χ0) is 11.4. The lowest BCUT2D eigenvalue weighted by atomic mass is 10.2. The number of halogens is 2. The third-order valence-corrected chi connectivity index (χ3v) is 2.91. The van der Waals surface area contributed by atoms with Gasteiger partial charge in [-0.2, -0.15) is 0 Å². The fourth-order valence-electron chi connectivity index (χ4n) is 1.40. The highest BCUT2D eigenvalue weighted by Crippen LogP contribution is 2.13. The van der Waals surface area contributed by atoms with E-state index in [9.17, 15) is 4.39 Å². The van der Waals surface area contributed by atoms with E-state index < -0.39 is 0 Å². The second-order valence-corrected chi connectivity index (χ2v) is 4.74. The van der Waals surface area contributed by atoms with Gasteiger partial charge in [-0.25, -0.2) is 4.39 Å². The van der Waals surface area contributed by atoms with Crippen LogP contribution in [-0.4, -0.2) is 0 Å². The standard InChI is InChI=1S/C13H11FIN/c14-11-6-4-10(5-7-11)9-16-13-3-1-2-12(15)8-13/h1-8,16H,9H2. The number of nitrogens with one attached hydrogen (secondary N) is 1. The van der Waals surface area contributed by atoms with Crippen molar-refractivity contribution in [2.75, 3.05) is 5.32 Å². The quantitative estimate of drug-likeness (QED) is 0.839. The molecular weight excluding hydrogens is 316 g/mol. The van der Waals surface area contributed by atoms with Gasteiger partial charge >= 0.3 is 0 Å². The molecule has 0 saturated heterocycles. The lowest BCUT2D eigenvalue weighted by molar-refractivity contribution is 0.627. The van der Waals surface area contributed by atoms with Crippen molar-refractivity contribution >= 4 is 28.3 Å². The Hall–Kier alpha value is -1.10. The predicted octanol–water partition coefficient (Wildman–Crippen LogP) is 4.04. The Morgan fingerprint density at radius 2 is 1.81 bits per heavy atom. The van der Waals surface area contributed by atoms with E-state index in [2.05, 4.69) is 34.0 Å². The number of benzene rings is 2. The summed E-state index contributed by atoms with van der Waals surface area (Å²) in [6.45, 7) is 0.709. The molecule has 0 unspecified atom stereocenters. The Morgan fingerprint density at radius 3 is 2.50 bits per heavy atom. The minimum Gasteiger partial charge on any atom is -0.381 e. The van der Waals surface area contributed by atoms with Crippen LogP contribution in [0.15, 0.2) is 48.5 Å². The van der Waals surface area contributed by atoms with Crippen LogP contribution in [0.25, 0.3) is 0 Å². The molecule has 2 aromatic carbocycles. The lowest BCUT2D eigenvalue weighted by Gasteiger charge is -2.06. The van der Waals surface area contributed by atoms with Crippen LogP contribution in [0.1, 0.15) is 5.56 Å². The van der Waals surface area contributed by atoms with Gasteiger partial charge in [-0.3, -0.25) is 0 Å². The summed E-state index contributed by atoms with van der Waals surface area (Å²) < 4.78 is 13.9. The van der Waals surface area contributed by atoms with Gasteiger partial charge in [0.25, 0.3) is 0 Å². The molecule has 16 heavy (non-hydrogen) atoms. The highest BCUT2D eigenvalue weighted by Gasteiger charge is 1.95. The molecule has 2 aromatic rings. The first-order chi connectivity index (χ1) is 7.74. The van der Waals surface area contributed by atoms with Crippen molar-refractivity contribution in [1.29, 1.82) is 0 Å². The molecule has 0 saturated carbocycles.